The number of allylic oxidation sites excluding steroid dienone is 2. The molecule has 1 aliphatic heterocycles. The number of benzene rings is 2. The van der Waals surface area contributed by atoms with Crippen LogP contribution in [-0.2, 0) is 17.8 Å². The number of anilines is 3. The molecule has 39 heavy (non-hydrogen) atoms. The fourth-order valence-corrected chi connectivity index (χ4v) is 4.36. The van der Waals surface area contributed by atoms with E-state index in [4.69, 9.17) is 0 Å². The SMILES string of the molecule is C=C(C=N/C=C\C)c1ccnc(Nc2cccc(NC(=O)Cc3ccc(CN4CCCN(C)CC4)cc3)c2)n1. The van der Waals surface area contributed by atoms with Crippen molar-refractivity contribution in [2.45, 2.75) is 26.3 Å². The zero-order valence-electron chi connectivity index (χ0n) is 22.8. The van der Waals surface area contributed by atoms with E-state index in [1.807, 2.05) is 37.3 Å². The van der Waals surface area contributed by atoms with Gasteiger partial charge >= 0.3 is 0 Å². The Kier molecular flexibility index (Phi) is 10.1. The lowest BCUT2D eigenvalue weighted by Crippen LogP contribution is -2.28. The van der Waals surface area contributed by atoms with Gasteiger partial charge in [-0.05, 0) is 68.9 Å². The number of carbonyl (C=O) groups excluding carboxylic acids is 1. The quantitative estimate of drug-likeness (QED) is 0.357. The molecule has 0 saturated carbocycles. The van der Waals surface area contributed by atoms with Crippen molar-refractivity contribution in [3.63, 3.8) is 0 Å². The summed E-state index contributed by atoms with van der Waals surface area (Å²) in [5, 5.41) is 6.19. The van der Waals surface area contributed by atoms with E-state index in [2.05, 4.69) is 73.3 Å². The molecule has 202 valence electrons. The van der Waals surface area contributed by atoms with Gasteiger partial charge in [0.2, 0.25) is 11.9 Å². The van der Waals surface area contributed by atoms with Gasteiger partial charge in [0.05, 0.1) is 12.1 Å². The summed E-state index contributed by atoms with van der Waals surface area (Å²) in [5.41, 5.74) is 5.10. The van der Waals surface area contributed by atoms with E-state index in [-0.39, 0.29) is 5.91 Å². The van der Waals surface area contributed by atoms with E-state index in [0.29, 0.717) is 29.3 Å². The summed E-state index contributed by atoms with van der Waals surface area (Å²) >= 11 is 0. The van der Waals surface area contributed by atoms with Crippen LogP contribution in [0.15, 0.2) is 84.6 Å². The van der Waals surface area contributed by atoms with Crippen molar-refractivity contribution < 1.29 is 4.79 Å². The van der Waals surface area contributed by atoms with Crippen LogP contribution in [0, 0.1) is 0 Å². The molecule has 2 heterocycles. The lowest BCUT2D eigenvalue weighted by atomic mass is 10.1. The molecule has 4 rings (SSSR count). The first-order valence-corrected chi connectivity index (χ1v) is 13.3. The number of carbonyl (C=O) groups is 1. The Balaban J connectivity index is 1.30. The highest BCUT2D eigenvalue weighted by atomic mass is 16.1. The molecule has 0 atom stereocenters. The van der Waals surface area contributed by atoms with Crippen LogP contribution >= 0.6 is 0 Å². The topological polar surface area (TPSA) is 85.7 Å². The molecule has 1 amide bonds. The summed E-state index contributed by atoms with van der Waals surface area (Å²) in [6.45, 7) is 11.3. The summed E-state index contributed by atoms with van der Waals surface area (Å²) in [6.07, 6.45) is 8.38. The minimum atomic E-state index is -0.0644. The van der Waals surface area contributed by atoms with Crippen LogP contribution in [0.1, 0.15) is 30.2 Å². The fourth-order valence-electron chi connectivity index (χ4n) is 4.36. The van der Waals surface area contributed by atoms with E-state index in [0.717, 1.165) is 44.0 Å². The first-order chi connectivity index (χ1) is 19.0. The summed E-state index contributed by atoms with van der Waals surface area (Å²) < 4.78 is 0. The van der Waals surface area contributed by atoms with Gasteiger partial charge in [0.1, 0.15) is 0 Å². The molecule has 2 aromatic carbocycles. The Bertz CT molecular complexity index is 1320. The Labute approximate surface area is 231 Å². The van der Waals surface area contributed by atoms with Crippen LogP contribution in [-0.4, -0.2) is 65.1 Å². The number of rotatable bonds is 10. The summed E-state index contributed by atoms with van der Waals surface area (Å²) in [4.78, 5) is 30.6. The Morgan fingerprint density at radius 3 is 2.67 bits per heavy atom. The molecule has 0 spiro atoms. The molecule has 1 fully saturated rings. The average Bonchev–Trinajstić information content (AvgIpc) is 3.14. The smallest absolute Gasteiger partial charge is 0.228 e. The van der Waals surface area contributed by atoms with Crippen molar-refractivity contribution in [3.8, 4) is 0 Å². The molecule has 2 N–H and O–H groups in total. The highest BCUT2D eigenvalue weighted by Crippen LogP contribution is 2.20. The van der Waals surface area contributed by atoms with Crippen LogP contribution in [0.5, 0.6) is 0 Å². The molecule has 8 nitrogen and oxygen atoms in total. The maximum absolute atomic E-state index is 12.8. The first kappa shape index (κ1) is 27.9. The van der Waals surface area contributed by atoms with Crippen LogP contribution in [0.4, 0.5) is 17.3 Å². The Hall–Kier alpha value is -4.14. The second kappa shape index (κ2) is 14.1. The molecule has 0 radical (unpaired) electrons. The van der Waals surface area contributed by atoms with Gasteiger partial charge in [-0.1, -0.05) is 43.0 Å². The number of hydrogen-bond acceptors (Lipinski definition) is 7. The Morgan fingerprint density at radius 2 is 1.85 bits per heavy atom. The minimum Gasteiger partial charge on any atom is -0.326 e. The van der Waals surface area contributed by atoms with E-state index in [9.17, 15) is 4.79 Å². The van der Waals surface area contributed by atoms with E-state index < -0.39 is 0 Å². The summed E-state index contributed by atoms with van der Waals surface area (Å²) in [6, 6.07) is 17.7. The van der Waals surface area contributed by atoms with Gasteiger partial charge < -0.3 is 15.5 Å². The number of nitrogens with one attached hydrogen (secondary N) is 2. The van der Waals surface area contributed by atoms with Gasteiger partial charge in [0.25, 0.3) is 0 Å². The second-order valence-corrected chi connectivity index (χ2v) is 9.73. The lowest BCUT2D eigenvalue weighted by molar-refractivity contribution is -0.115. The van der Waals surface area contributed by atoms with Crippen molar-refractivity contribution in [2.75, 3.05) is 43.9 Å². The molecule has 0 aliphatic carbocycles. The molecular formula is C31H37N7O. The number of aliphatic imine (C=N–C) groups is 1. The van der Waals surface area contributed by atoms with Crippen molar-refractivity contribution in [2.24, 2.45) is 4.99 Å². The van der Waals surface area contributed by atoms with Gasteiger partial charge in [-0.2, -0.15) is 0 Å². The maximum Gasteiger partial charge on any atom is 0.228 e. The standard InChI is InChI=1S/C31H37N7O/c1-4-14-32-22-24(2)29-13-15-33-31(36-29)35-28-8-5-7-27(21-28)34-30(39)20-25-9-11-26(12-10-25)23-38-17-6-16-37(3)18-19-38/h4-5,7-15,21-22H,2,6,16-20,23H2,1,3H3,(H,34,39)(H,33,35,36)/b14-4-,32-22?. The van der Waals surface area contributed by atoms with E-state index in [1.54, 1.807) is 24.7 Å². The predicted octanol–water partition coefficient (Wildman–Crippen LogP) is 5.16. The van der Waals surface area contributed by atoms with Crippen molar-refractivity contribution >= 4 is 35.0 Å². The molecule has 8 heteroatoms. The van der Waals surface area contributed by atoms with Crippen molar-refractivity contribution in [1.29, 1.82) is 0 Å². The van der Waals surface area contributed by atoms with Gasteiger partial charge in [0.15, 0.2) is 0 Å². The molecule has 0 bridgehead atoms. The molecule has 1 aliphatic rings. The molecule has 1 aromatic heterocycles. The number of aromatic nitrogens is 2. The van der Waals surface area contributed by atoms with Gasteiger partial charge in [-0.15, -0.1) is 0 Å². The first-order valence-electron chi connectivity index (χ1n) is 13.3. The summed E-state index contributed by atoms with van der Waals surface area (Å²) in [7, 11) is 2.19. The van der Waals surface area contributed by atoms with Crippen LogP contribution in [0.3, 0.4) is 0 Å². The zero-order chi connectivity index (χ0) is 27.5. The summed E-state index contributed by atoms with van der Waals surface area (Å²) in [5.74, 6) is 0.370. The molecule has 0 unspecified atom stereocenters. The van der Waals surface area contributed by atoms with Crippen molar-refractivity contribution in [1.82, 2.24) is 19.8 Å². The number of likely N-dealkylation sites (N-methyl/N-ethyl adjacent to an activating group) is 1. The van der Waals surface area contributed by atoms with Gasteiger partial charge in [0, 0.05) is 55.2 Å². The third kappa shape index (κ3) is 8.98. The molecule has 1 saturated heterocycles. The third-order valence-corrected chi connectivity index (χ3v) is 6.46. The average molecular weight is 524 g/mol. The van der Waals surface area contributed by atoms with E-state index in [1.165, 1.54) is 12.0 Å². The monoisotopic (exact) mass is 523 g/mol. The van der Waals surface area contributed by atoms with Gasteiger partial charge in [-0.25, -0.2) is 9.97 Å². The molecule has 3 aromatic rings. The van der Waals surface area contributed by atoms with Crippen LogP contribution in [0.25, 0.3) is 5.57 Å². The fraction of sp³-hybridized carbons (Fsp3) is 0.290. The minimum absolute atomic E-state index is 0.0644. The normalized spacial score (nSPS) is 14.9. The van der Waals surface area contributed by atoms with Crippen LogP contribution in [0.2, 0.25) is 0 Å². The van der Waals surface area contributed by atoms with Crippen molar-refractivity contribution in [3.05, 3.63) is 96.5 Å². The number of hydrogen-bond donors (Lipinski definition) is 2. The predicted molar refractivity (Wildman–Crippen MR) is 160 cm³/mol. The third-order valence-electron chi connectivity index (χ3n) is 6.46. The van der Waals surface area contributed by atoms with Gasteiger partial charge in [-0.3, -0.25) is 14.7 Å². The van der Waals surface area contributed by atoms with Crippen LogP contribution < -0.4 is 10.6 Å². The highest BCUT2D eigenvalue weighted by Gasteiger charge is 2.12. The lowest BCUT2D eigenvalue weighted by Gasteiger charge is -2.20. The number of nitrogens with zero attached hydrogens (tertiary/aromatic N) is 5. The maximum atomic E-state index is 12.8. The zero-order valence-corrected chi connectivity index (χ0v) is 22.8. The number of amides is 1. The largest absolute Gasteiger partial charge is 0.326 e. The second-order valence-electron chi connectivity index (χ2n) is 9.73. The highest BCUT2D eigenvalue weighted by molar-refractivity contribution is 6.08. The molecular weight excluding hydrogens is 486 g/mol. The van der Waals surface area contributed by atoms with E-state index >= 15 is 0 Å². The Morgan fingerprint density at radius 1 is 1.05 bits per heavy atom.